The molecule has 4 nitrogen and oxygen atoms in total. The molecule has 0 N–H and O–H groups in total. The third kappa shape index (κ3) is 2.48. The summed E-state index contributed by atoms with van der Waals surface area (Å²) in [6.07, 6.45) is 1.71. The van der Waals surface area contributed by atoms with E-state index in [2.05, 4.69) is 0 Å². The molecule has 0 saturated carbocycles. The van der Waals surface area contributed by atoms with Crippen LogP contribution < -0.4 is 14.2 Å². The van der Waals surface area contributed by atoms with Crippen molar-refractivity contribution in [1.29, 1.82) is 0 Å². The third-order valence-electron chi connectivity index (χ3n) is 3.27. The fraction of sp³-hybridized carbons (Fsp3) is 0.118. The van der Waals surface area contributed by atoms with Gasteiger partial charge in [0.05, 0.1) is 19.8 Å². The molecule has 21 heavy (non-hydrogen) atoms. The SMILES string of the molecule is COc1cccc(/C=C2/Oc3ccc(OC)cc3C2=O)c1. The van der Waals surface area contributed by atoms with Crippen molar-refractivity contribution in [3.05, 3.63) is 59.4 Å². The molecule has 1 aliphatic rings. The summed E-state index contributed by atoms with van der Waals surface area (Å²) in [5.74, 6) is 2.07. The van der Waals surface area contributed by atoms with Crippen molar-refractivity contribution in [3.63, 3.8) is 0 Å². The van der Waals surface area contributed by atoms with E-state index < -0.39 is 0 Å². The smallest absolute Gasteiger partial charge is 0.232 e. The summed E-state index contributed by atoms with van der Waals surface area (Å²) in [4.78, 5) is 12.3. The highest BCUT2D eigenvalue weighted by atomic mass is 16.5. The number of fused-ring (bicyclic) bond motifs is 1. The van der Waals surface area contributed by atoms with Crippen LogP contribution >= 0.6 is 0 Å². The number of allylic oxidation sites excluding steroid dienone is 1. The van der Waals surface area contributed by atoms with Crippen LogP contribution in [0.4, 0.5) is 0 Å². The van der Waals surface area contributed by atoms with Crippen molar-refractivity contribution in [2.24, 2.45) is 0 Å². The Hall–Kier alpha value is -2.75. The van der Waals surface area contributed by atoms with Crippen molar-refractivity contribution in [3.8, 4) is 17.2 Å². The van der Waals surface area contributed by atoms with Gasteiger partial charge < -0.3 is 14.2 Å². The van der Waals surface area contributed by atoms with Crippen molar-refractivity contribution in [2.45, 2.75) is 0 Å². The van der Waals surface area contributed by atoms with Gasteiger partial charge in [0.1, 0.15) is 17.2 Å². The Morgan fingerprint density at radius 3 is 2.52 bits per heavy atom. The van der Waals surface area contributed by atoms with E-state index in [0.29, 0.717) is 22.8 Å². The molecule has 1 heterocycles. The van der Waals surface area contributed by atoms with Gasteiger partial charge in [-0.1, -0.05) is 12.1 Å². The third-order valence-corrected chi connectivity index (χ3v) is 3.27. The van der Waals surface area contributed by atoms with Crippen molar-refractivity contribution in [2.75, 3.05) is 14.2 Å². The summed E-state index contributed by atoms with van der Waals surface area (Å²) < 4.78 is 15.9. The number of hydrogen-bond acceptors (Lipinski definition) is 4. The van der Waals surface area contributed by atoms with Gasteiger partial charge in [-0.2, -0.15) is 0 Å². The maximum absolute atomic E-state index is 12.3. The van der Waals surface area contributed by atoms with Crippen LogP contribution in [0.15, 0.2) is 48.2 Å². The minimum absolute atomic E-state index is 0.147. The van der Waals surface area contributed by atoms with Gasteiger partial charge in [-0.05, 0) is 42.0 Å². The van der Waals surface area contributed by atoms with Crippen molar-refractivity contribution >= 4 is 11.9 Å². The van der Waals surface area contributed by atoms with Gasteiger partial charge in [0.25, 0.3) is 0 Å². The number of benzene rings is 2. The first kappa shape index (κ1) is 13.2. The minimum atomic E-state index is -0.147. The predicted molar refractivity (Wildman–Crippen MR) is 78.9 cm³/mol. The molecule has 106 valence electrons. The molecule has 0 unspecified atom stereocenters. The lowest BCUT2D eigenvalue weighted by atomic mass is 10.1. The topological polar surface area (TPSA) is 44.8 Å². The van der Waals surface area contributed by atoms with Crippen molar-refractivity contribution < 1.29 is 19.0 Å². The van der Waals surface area contributed by atoms with E-state index in [1.54, 1.807) is 38.5 Å². The van der Waals surface area contributed by atoms with Crippen LogP contribution in [-0.4, -0.2) is 20.0 Å². The molecule has 1 aliphatic heterocycles. The first-order valence-corrected chi connectivity index (χ1v) is 6.47. The van der Waals surface area contributed by atoms with E-state index in [1.165, 1.54) is 0 Å². The van der Waals surface area contributed by atoms with Crippen LogP contribution in [-0.2, 0) is 0 Å². The average molecular weight is 282 g/mol. The standard InChI is InChI=1S/C17H14O4/c1-19-12-5-3-4-11(8-12)9-16-17(18)14-10-13(20-2)6-7-15(14)21-16/h3-10H,1-2H3/b16-9+. The lowest BCUT2D eigenvalue weighted by Crippen LogP contribution is -1.98. The molecule has 0 radical (unpaired) electrons. The zero-order chi connectivity index (χ0) is 14.8. The van der Waals surface area contributed by atoms with Crippen LogP contribution in [0.3, 0.4) is 0 Å². The molecule has 2 aromatic rings. The number of Topliss-reactive ketones (excluding diaryl/α,β-unsaturated/α-hetero) is 1. The molecule has 0 aliphatic carbocycles. The maximum atomic E-state index is 12.3. The first-order valence-electron chi connectivity index (χ1n) is 6.47. The number of hydrogen-bond donors (Lipinski definition) is 0. The second kappa shape index (κ2) is 5.32. The second-order valence-corrected chi connectivity index (χ2v) is 4.58. The summed E-state index contributed by atoms with van der Waals surface area (Å²) in [5.41, 5.74) is 1.36. The molecule has 0 bridgehead atoms. The number of rotatable bonds is 3. The quantitative estimate of drug-likeness (QED) is 0.810. The average Bonchev–Trinajstić information content (AvgIpc) is 2.83. The largest absolute Gasteiger partial charge is 0.497 e. The Balaban J connectivity index is 1.95. The lowest BCUT2D eigenvalue weighted by Gasteiger charge is -2.02. The highest BCUT2D eigenvalue weighted by molar-refractivity contribution is 6.14. The molecule has 4 heteroatoms. The Labute approximate surface area is 122 Å². The zero-order valence-electron chi connectivity index (χ0n) is 11.8. The predicted octanol–water partition coefficient (Wildman–Crippen LogP) is 3.32. The van der Waals surface area contributed by atoms with E-state index in [9.17, 15) is 4.79 Å². The summed E-state index contributed by atoms with van der Waals surface area (Å²) in [5, 5.41) is 0. The van der Waals surface area contributed by atoms with Gasteiger partial charge >= 0.3 is 0 Å². The number of carbonyl (C=O) groups is 1. The molecular formula is C17H14O4. The number of ether oxygens (including phenoxy) is 3. The van der Waals surface area contributed by atoms with Crippen LogP contribution in [0.2, 0.25) is 0 Å². The van der Waals surface area contributed by atoms with Gasteiger partial charge in [0, 0.05) is 0 Å². The second-order valence-electron chi connectivity index (χ2n) is 4.58. The molecule has 0 amide bonds. The fourth-order valence-corrected chi connectivity index (χ4v) is 2.18. The van der Waals surface area contributed by atoms with Gasteiger partial charge in [-0.15, -0.1) is 0 Å². The number of carbonyl (C=O) groups excluding carboxylic acids is 1. The normalized spacial score (nSPS) is 14.8. The molecule has 0 spiro atoms. The van der Waals surface area contributed by atoms with Crippen LogP contribution in [0.5, 0.6) is 17.2 Å². The number of methoxy groups -OCH3 is 2. The summed E-state index contributed by atoms with van der Waals surface area (Å²) in [6, 6.07) is 12.6. The molecular weight excluding hydrogens is 268 g/mol. The van der Waals surface area contributed by atoms with Gasteiger partial charge in [-0.25, -0.2) is 0 Å². The van der Waals surface area contributed by atoms with Crippen LogP contribution in [0.25, 0.3) is 6.08 Å². The zero-order valence-corrected chi connectivity index (χ0v) is 11.8. The number of ketones is 1. The Morgan fingerprint density at radius 2 is 1.76 bits per heavy atom. The molecule has 0 aromatic heterocycles. The highest BCUT2D eigenvalue weighted by Gasteiger charge is 2.27. The molecule has 3 rings (SSSR count). The molecule has 2 aromatic carbocycles. The Morgan fingerprint density at radius 1 is 1.00 bits per heavy atom. The van der Waals surface area contributed by atoms with Crippen molar-refractivity contribution in [1.82, 2.24) is 0 Å². The van der Waals surface area contributed by atoms with E-state index in [1.807, 2.05) is 24.3 Å². The fourth-order valence-electron chi connectivity index (χ4n) is 2.18. The highest BCUT2D eigenvalue weighted by Crippen LogP contribution is 2.34. The first-order chi connectivity index (χ1) is 10.2. The van der Waals surface area contributed by atoms with E-state index in [4.69, 9.17) is 14.2 Å². The lowest BCUT2D eigenvalue weighted by molar-refractivity contribution is 0.101. The minimum Gasteiger partial charge on any atom is -0.497 e. The van der Waals surface area contributed by atoms with Gasteiger partial charge in [-0.3, -0.25) is 4.79 Å². The Bertz CT molecular complexity index is 731. The summed E-state index contributed by atoms with van der Waals surface area (Å²) >= 11 is 0. The van der Waals surface area contributed by atoms with E-state index in [-0.39, 0.29) is 5.78 Å². The maximum Gasteiger partial charge on any atom is 0.232 e. The molecule has 0 saturated heterocycles. The van der Waals surface area contributed by atoms with E-state index in [0.717, 1.165) is 11.3 Å². The van der Waals surface area contributed by atoms with Gasteiger partial charge in [0.15, 0.2) is 5.76 Å². The van der Waals surface area contributed by atoms with E-state index >= 15 is 0 Å². The molecule has 0 fully saturated rings. The Kier molecular flexibility index (Phi) is 3.36. The van der Waals surface area contributed by atoms with Crippen LogP contribution in [0.1, 0.15) is 15.9 Å². The van der Waals surface area contributed by atoms with Crippen LogP contribution in [0, 0.1) is 0 Å². The monoisotopic (exact) mass is 282 g/mol. The summed E-state index contributed by atoms with van der Waals surface area (Å²) in [7, 11) is 3.17. The summed E-state index contributed by atoms with van der Waals surface area (Å²) in [6.45, 7) is 0. The molecule has 0 atom stereocenters. The van der Waals surface area contributed by atoms with Gasteiger partial charge in [0.2, 0.25) is 5.78 Å².